The van der Waals surface area contributed by atoms with E-state index in [0.29, 0.717) is 17.4 Å². The Morgan fingerprint density at radius 1 is 1.33 bits per heavy atom. The number of hydrogen-bond donors (Lipinski definition) is 1. The van der Waals surface area contributed by atoms with Crippen molar-refractivity contribution >= 4 is 42.6 Å². The number of aromatic nitrogens is 1. The van der Waals surface area contributed by atoms with E-state index in [-0.39, 0.29) is 0 Å². The van der Waals surface area contributed by atoms with Crippen molar-refractivity contribution in [2.45, 2.75) is 6.54 Å². The molecule has 0 unspecified atom stereocenters. The summed E-state index contributed by atoms with van der Waals surface area (Å²) in [4.78, 5) is 17.0. The lowest BCUT2D eigenvalue weighted by molar-refractivity contribution is 0.112. The van der Waals surface area contributed by atoms with Crippen molar-refractivity contribution in [2.75, 3.05) is 24.3 Å². The van der Waals surface area contributed by atoms with Gasteiger partial charge in [0, 0.05) is 32.0 Å². The number of aldehydes is 1. The van der Waals surface area contributed by atoms with E-state index in [2.05, 4.69) is 39.5 Å². The molecule has 0 aliphatic carbocycles. The van der Waals surface area contributed by atoms with Crippen LogP contribution in [0, 0.1) is 0 Å². The molecule has 0 radical (unpaired) electrons. The lowest BCUT2D eigenvalue weighted by Crippen LogP contribution is -2.18. The number of nitrogens with one attached hydrogen (secondary N) is 1. The van der Waals surface area contributed by atoms with E-state index in [4.69, 9.17) is 11.6 Å². The van der Waals surface area contributed by atoms with Gasteiger partial charge in [-0.3, -0.25) is 4.79 Å². The van der Waals surface area contributed by atoms with Crippen LogP contribution in [0.4, 0.5) is 11.4 Å². The minimum atomic E-state index is 0.313. The average molecular weight is 302 g/mol. The smallest absolute Gasteiger partial charge is 0.167 e. The predicted octanol–water partition coefficient (Wildman–Crippen LogP) is 1.48. The predicted molar refractivity (Wildman–Crippen MR) is 90.9 cm³/mol. The van der Waals surface area contributed by atoms with Crippen molar-refractivity contribution < 1.29 is 4.79 Å². The van der Waals surface area contributed by atoms with Gasteiger partial charge in [0.05, 0.1) is 0 Å². The van der Waals surface area contributed by atoms with E-state index in [9.17, 15) is 4.79 Å². The van der Waals surface area contributed by atoms with Crippen molar-refractivity contribution in [3.63, 3.8) is 0 Å². The highest BCUT2D eigenvalue weighted by Gasteiger charge is 2.07. The highest BCUT2D eigenvalue weighted by molar-refractivity contribution is 6.39. The number of anilines is 2. The first-order valence-electron chi connectivity index (χ1n) is 6.63. The summed E-state index contributed by atoms with van der Waals surface area (Å²) in [5.41, 5.74) is 4.31. The second-order valence-electron chi connectivity index (χ2n) is 5.04. The van der Waals surface area contributed by atoms with Gasteiger partial charge in [0.1, 0.15) is 18.7 Å². The van der Waals surface area contributed by atoms with Crippen LogP contribution >= 0.6 is 11.6 Å². The van der Waals surface area contributed by atoms with Crippen molar-refractivity contribution in [3.05, 3.63) is 46.7 Å². The van der Waals surface area contributed by atoms with E-state index >= 15 is 0 Å². The normalized spacial score (nSPS) is 10.2. The van der Waals surface area contributed by atoms with Gasteiger partial charge in [0.15, 0.2) is 6.29 Å². The third-order valence-corrected chi connectivity index (χ3v) is 3.52. The molecule has 1 N–H and O–H groups in total. The fourth-order valence-electron chi connectivity index (χ4n) is 2.00. The van der Waals surface area contributed by atoms with Crippen molar-refractivity contribution in [3.8, 4) is 0 Å². The number of carbonyl (C=O) groups is 1. The fraction of sp³-hybridized carbons (Fsp3) is 0.200. The second kappa shape index (κ2) is 6.63. The number of carbonyl (C=O) groups excluding carboxylic acids is 1. The van der Waals surface area contributed by atoms with E-state index in [1.54, 1.807) is 6.07 Å². The van der Waals surface area contributed by atoms with Gasteiger partial charge in [-0.15, -0.1) is 0 Å². The molecular formula is C15H17BClN3O. The summed E-state index contributed by atoms with van der Waals surface area (Å²) in [6.07, 6.45) is 0.721. The van der Waals surface area contributed by atoms with Gasteiger partial charge in [-0.1, -0.05) is 23.7 Å². The molecule has 2 rings (SSSR count). The van der Waals surface area contributed by atoms with E-state index < -0.39 is 0 Å². The van der Waals surface area contributed by atoms with Crippen LogP contribution in [0.15, 0.2) is 30.3 Å². The second-order valence-corrected chi connectivity index (χ2v) is 5.42. The molecule has 0 aliphatic heterocycles. The zero-order chi connectivity index (χ0) is 15.4. The van der Waals surface area contributed by atoms with Crippen LogP contribution in [0.5, 0.6) is 0 Å². The number of pyridine rings is 1. The Morgan fingerprint density at radius 3 is 2.57 bits per heavy atom. The molecule has 2 aromatic rings. The Labute approximate surface area is 130 Å². The number of hydrogen-bond acceptors (Lipinski definition) is 4. The van der Waals surface area contributed by atoms with Gasteiger partial charge in [0.25, 0.3) is 0 Å². The molecule has 1 aromatic heterocycles. The van der Waals surface area contributed by atoms with Gasteiger partial charge in [-0.2, -0.15) is 0 Å². The fourth-order valence-corrected chi connectivity index (χ4v) is 2.20. The maximum Gasteiger partial charge on any atom is 0.167 e. The summed E-state index contributed by atoms with van der Waals surface area (Å²) in [7, 11) is 5.87. The summed E-state index contributed by atoms with van der Waals surface area (Å²) < 4.78 is 0. The summed E-state index contributed by atoms with van der Waals surface area (Å²) in [5, 5.41) is 3.61. The quantitative estimate of drug-likeness (QED) is 0.516. The summed E-state index contributed by atoms with van der Waals surface area (Å²) in [5.74, 6) is 0. The molecule has 0 bridgehead atoms. The first-order chi connectivity index (χ1) is 10.0. The van der Waals surface area contributed by atoms with Crippen molar-refractivity contribution in [1.29, 1.82) is 0 Å². The van der Waals surface area contributed by atoms with Gasteiger partial charge >= 0.3 is 0 Å². The summed E-state index contributed by atoms with van der Waals surface area (Å²) >= 11 is 5.92. The summed E-state index contributed by atoms with van der Waals surface area (Å²) in [6, 6.07) is 10.0. The van der Waals surface area contributed by atoms with Gasteiger partial charge in [0.2, 0.25) is 0 Å². The van der Waals surface area contributed by atoms with Crippen LogP contribution < -0.4 is 15.7 Å². The highest BCUT2D eigenvalue weighted by Crippen LogP contribution is 2.15. The standard InChI is InChI=1S/C15H17BClN3O/c1-20(2)11-5-3-10(4-6-11)8-18-12-7-14(17)19-13(9-21)15(12)16/h3-7,9H,8,16H2,1-2H3,(H,18,19). The zero-order valence-electron chi connectivity index (χ0n) is 12.4. The molecule has 0 amide bonds. The third kappa shape index (κ3) is 3.76. The number of nitrogens with zero attached hydrogens (tertiary/aromatic N) is 2. The average Bonchev–Trinajstić information content (AvgIpc) is 2.48. The minimum absolute atomic E-state index is 0.313. The van der Waals surface area contributed by atoms with Gasteiger partial charge in [-0.25, -0.2) is 4.98 Å². The molecule has 108 valence electrons. The van der Waals surface area contributed by atoms with Crippen molar-refractivity contribution in [1.82, 2.24) is 4.98 Å². The van der Waals surface area contributed by atoms with E-state index in [1.807, 2.05) is 21.9 Å². The third-order valence-electron chi connectivity index (χ3n) is 3.33. The van der Waals surface area contributed by atoms with E-state index in [1.165, 1.54) is 0 Å². The molecule has 0 aliphatic rings. The molecule has 0 saturated heterocycles. The Bertz CT molecular complexity index is 644. The number of rotatable bonds is 5. The lowest BCUT2D eigenvalue weighted by Gasteiger charge is -2.14. The molecule has 4 nitrogen and oxygen atoms in total. The maximum absolute atomic E-state index is 11.0. The molecule has 21 heavy (non-hydrogen) atoms. The molecule has 1 aromatic carbocycles. The van der Waals surface area contributed by atoms with Crippen LogP contribution in [-0.4, -0.2) is 33.2 Å². The molecule has 0 saturated carbocycles. The van der Waals surface area contributed by atoms with Crippen LogP contribution in [0.2, 0.25) is 5.15 Å². The molecular weight excluding hydrogens is 284 g/mol. The SMILES string of the molecule is Bc1c(NCc2ccc(N(C)C)cc2)cc(Cl)nc1C=O. The van der Waals surface area contributed by atoms with Gasteiger partial charge < -0.3 is 10.2 Å². The first-order valence-corrected chi connectivity index (χ1v) is 7.01. The van der Waals surface area contributed by atoms with Crippen molar-refractivity contribution in [2.24, 2.45) is 0 Å². The van der Waals surface area contributed by atoms with Crippen LogP contribution in [0.1, 0.15) is 16.1 Å². The Kier molecular flexibility index (Phi) is 4.86. The van der Waals surface area contributed by atoms with Gasteiger partial charge in [-0.05, 0) is 29.2 Å². The lowest BCUT2D eigenvalue weighted by atomic mass is 9.92. The summed E-state index contributed by atoms with van der Waals surface area (Å²) in [6.45, 7) is 0.660. The van der Waals surface area contributed by atoms with E-state index in [0.717, 1.165) is 28.7 Å². The molecule has 6 heteroatoms. The minimum Gasteiger partial charge on any atom is -0.381 e. The first kappa shape index (κ1) is 15.4. The maximum atomic E-state index is 11.0. The Morgan fingerprint density at radius 2 is 2.00 bits per heavy atom. The molecule has 0 atom stereocenters. The van der Waals surface area contributed by atoms with Crippen LogP contribution in [0.25, 0.3) is 0 Å². The Balaban J connectivity index is 2.12. The molecule has 0 spiro atoms. The topological polar surface area (TPSA) is 45.2 Å². The number of benzene rings is 1. The largest absolute Gasteiger partial charge is 0.381 e. The molecule has 0 fully saturated rings. The van der Waals surface area contributed by atoms with Crippen LogP contribution in [0.3, 0.4) is 0 Å². The zero-order valence-corrected chi connectivity index (χ0v) is 13.1. The van der Waals surface area contributed by atoms with Crippen LogP contribution in [-0.2, 0) is 6.54 Å². The highest BCUT2D eigenvalue weighted by atomic mass is 35.5. The molecule has 1 heterocycles. The number of halogens is 1. The Hall–Kier alpha value is -2.01. The monoisotopic (exact) mass is 301 g/mol.